The second-order valence-corrected chi connectivity index (χ2v) is 4.83. The number of hydrogen-bond donors (Lipinski definition) is 3. The number of amides is 1. The topological polar surface area (TPSA) is 81.1 Å². The van der Waals surface area contributed by atoms with Crippen molar-refractivity contribution in [2.75, 3.05) is 17.6 Å². The maximum Gasteiger partial charge on any atom is 0.217 e. The van der Waals surface area contributed by atoms with Gasteiger partial charge in [-0.05, 0) is 53.6 Å². The van der Waals surface area contributed by atoms with Gasteiger partial charge in [-0.3, -0.25) is 4.79 Å². The fourth-order valence-corrected chi connectivity index (χ4v) is 1.86. The molecule has 88 valence electrons. The molecule has 0 aliphatic rings. The lowest BCUT2D eigenvalue weighted by Gasteiger charge is -2.09. The first-order valence-corrected chi connectivity index (χ1v) is 6.24. The van der Waals surface area contributed by atoms with Gasteiger partial charge in [0, 0.05) is 16.5 Å². The number of anilines is 2. The smallest absolute Gasteiger partial charge is 0.217 e. The summed E-state index contributed by atoms with van der Waals surface area (Å²) in [4.78, 5) is 10.5. The molecule has 0 bridgehead atoms. The number of carbonyl (C=O) groups excluding carboxylic acids is 1. The van der Waals surface area contributed by atoms with Crippen molar-refractivity contribution in [1.82, 2.24) is 0 Å². The molecular weight excluding hydrogens is 317 g/mol. The molecule has 0 aliphatic carbocycles. The van der Waals surface area contributed by atoms with Gasteiger partial charge in [-0.25, -0.2) is 0 Å². The van der Waals surface area contributed by atoms with E-state index in [1.54, 1.807) is 0 Å². The summed E-state index contributed by atoms with van der Waals surface area (Å²) in [6.45, 7) is 0.804. The average molecular weight is 333 g/mol. The van der Waals surface area contributed by atoms with E-state index in [4.69, 9.17) is 11.5 Å². The second kappa shape index (κ2) is 6.57. The Bertz CT molecular complexity index is 368. The minimum atomic E-state index is -0.242. The Hall–Kier alpha value is -0.980. The summed E-state index contributed by atoms with van der Waals surface area (Å²) in [6, 6.07) is 5.89. The summed E-state index contributed by atoms with van der Waals surface area (Å²) < 4.78 is 1.12. The second-order valence-electron chi connectivity index (χ2n) is 3.58. The number of rotatable bonds is 6. The van der Waals surface area contributed by atoms with Gasteiger partial charge in [0.15, 0.2) is 0 Å². The van der Waals surface area contributed by atoms with Crippen LogP contribution in [0.4, 0.5) is 11.4 Å². The van der Waals surface area contributed by atoms with Crippen molar-refractivity contribution in [3.63, 3.8) is 0 Å². The molecule has 1 aromatic rings. The molecule has 4 nitrogen and oxygen atoms in total. The fourth-order valence-electron chi connectivity index (χ4n) is 1.34. The minimum Gasteiger partial charge on any atom is -0.397 e. The van der Waals surface area contributed by atoms with Crippen LogP contribution in [0.25, 0.3) is 0 Å². The number of unbranched alkanes of at least 4 members (excludes halogenated alkanes) is 1. The van der Waals surface area contributed by atoms with Crippen molar-refractivity contribution in [3.8, 4) is 0 Å². The highest BCUT2D eigenvalue weighted by atomic mass is 127. The first-order chi connectivity index (χ1) is 7.59. The highest BCUT2D eigenvalue weighted by molar-refractivity contribution is 14.1. The van der Waals surface area contributed by atoms with Gasteiger partial charge in [0.25, 0.3) is 0 Å². The van der Waals surface area contributed by atoms with E-state index in [1.165, 1.54) is 0 Å². The number of hydrogen-bond acceptors (Lipinski definition) is 3. The first kappa shape index (κ1) is 13.1. The molecule has 0 aliphatic heterocycles. The van der Waals surface area contributed by atoms with E-state index in [9.17, 15) is 4.79 Å². The van der Waals surface area contributed by atoms with Crippen LogP contribution in [0.3, 0.4) is 0 Å². The van der Waals surface area contributed by atoms with E-state index in [2.05, 4.69) is 27.9 Å². The van der Waals surface area contributed by atoms with Crippen molar-refractivity contribution >= 4 is 39.9 Å². The molecule has 1 amide bonds. The van der Waals surface area contributed by atoms with Crippen molar-refractivity contribution in [2.24, 2.45) is 5.73 Å². The van der Waals surface area contributed by atoms with Gasteiger partial charge in [0.1, 0.15) is 0 Å². The van der Waals surface area contributed by atoms with Gasteiger partial charge in [-0.1, -0.05) is 0 Å². The minimum absolute atomic E-state index is 0.242. The summed E-state index contributed by atoms with van der Waals surface area (Å²) in [7, 11) is 0. The number of nitrogens with one attached hydrogen (secondary N) is 1. The van der Waals surface area contributed by atoms with E-state index in [0.29, 0.717) is 6.42 Å². The molecule has 16 heavy (non-hydrogen) atoms. The standard InChI is InChI=1S/C11H16IN3O/c12-8-4-5-10(9(13)7-8)15-6-2-1-3-11(14)16/h4-5,7,15H,1-3,6,13H2,(H2,14,16). The van der Waals surface area contributed by atoms with Gasteiger partial charge >= 0.3 is 0 Å². The maximum absolute atomic E-state index is 10.5. The van der Waals surface area contributed by atoms with Gasteiger partial charge in [-0.2, -0.15) is 0 Å². The molecule has 5 N–H and O–H groups in total. The third kappa shape index (κ3) is 4.69. The van der Waals surface area contributed by atoms with E-state index in [0.717, 1.165) is 34.3 Å². The van der Waals surface area contributed by atoms with Crippen LogP contribution in [-0.2, 0) is 4.79 Å². The normalized spacial score (nSPS) is 10.1. The van der Waals surface area contributed by atoms with E-state index in [1.807, 2.05) is 18.2 Å². The number of halogens is 1. The Morgan fingerprint density at radius 3 is 2.75 bits per heavy atom. The van der Waals surface area contributed by atoms with Crippen LogP contribution in [0.1, 0.15) is 19.3 Å². The molecule has 0 heterocycles. The fraction of sp³-hybridized carbons (Fsp3) is 0.364. The Labute approximate surface area is 109 Å². The van der Waals surface area contributed by atoms with Gasteiger partial charge in [0.05, 0.1) is 11.4 Å². The summed E-state index contributed by atoms with van der Waals surface area (Å²) >= 11 is 2.22. The van der Waals surface area contributed by atoms with Gasteiger partial charge < -0.3 is 16.8 Å². The molecule has 5 heteroatoms. The van der Waals surface area contributed by atoms with Crippen LogP contribution in [-0.4, -0.2) is 12.5 Å². The SMILES string of the molecule is NC(=O)CCCCNc1ccc(I)cc1N. The van der Waals surface area contributed by atoms with Crippen LogP contribution in [0.2, 0.25) is 0 Å². The quantitative estimate of drug-likeness (QED) is 0.423. The molecule has 0 saturated heterocycles. The molecule has 1 rings (SSSR count). The van der Waals surface area contributed by atoms with E-state index < -0.39 is 0 Å². The monoisotopic (exact) mass is 333 g/mol. The lowest BCUT2D eigenvalue weighted by Crippen LogP contribution is -2.11. The maximum atomic E-state index is 10.5. The Morgan fingerprint density at radius 1 is 1.38 bits per heavy atom. The summed E-state index contributed by atoms with van der Waals surface area (Å²) in [5.74, 6) is -0.242. The highest BCUT2D eigenvalue weighted by Gasteiger charge is 1.99. The predicted molar refractivity (Wildman–Crippen MR) is 75.1 cm³/mol. The van der Waals surface area contributed by atoms with Crippen LogP contribution >= 0.6 is 22.6 Å². The molecule has 0 atom stereocenters. The van der Waals surface area contributed by atoms with Crippen molar-refractivity contribution < 1.29 is 4.79 Å². The highest BCUT2D eigenvalue weighted by Crippen LogP contribution is 2.20. The van der Waals surface area contributed by atoms with Gasteiger partial charge in [-0.15, -0.1) is 0 Å². The summed E-state index contributed by atoms with van der Waals surface area (Å²) in [5.41, 5.74) is 12.6. The van der Waals surface area contributed by atoms with Crippen molar-refractivity contribution in [3.05, 3.63) is 21.8 Å². The van der Waals surface area contributed by atoms with Crippen LogP contribution in [0.5, 0.6) is 0 Å². The first-order valence-electron chi connectivity index (χ1n) is 5.17. The lowest BCUT2D eigenvalue weighted by molar-refractivity contribution is -0.118. The summed E-state index contributed by atoms with van der Waals surface area (Å²) in [5, 5.41) is 3.23. The number of carbonyl (C=O) groups is 1. The molecule has 0 saturated carbocycles. The van der Waals surface area contributed by atoms with E-state index >= 15 is 0 Å². The van der Waals surface area contributed by atoms with Crippen LogP contribution in [0.15, 0.2) is 18.2 Å². The number of nitrogen functional groups attached to an aromatic ring is 1. The molecule has 0 fully saturated rings. The Balaban J connectivity index is 2.29. The number of benzene rings is 1. The summed E-state index contributed by atoms with van der Waals surface area (Å²) in [6.07, 6.45) is 2.17. The lowest BCUT2D eigenvalue weighted by atomic mass is 10.2. The van der Waals surface area contributed by atoms with Crippen LogP contribution in [0, 0.1) is 3.57 Å². The van der Waals surface area contributed by atoms with Crippen molar-refractivity contribution in [2.45, 2.75) is 19.3 Å². The third-order valence-corrected chi connectivity index (χ3v) is 2.85. The predicted octanol–water partition coefficient (Wildman–Crippen LogP) is 1.94. The number of primary amides is 1. The van der Waals surface area contributed by atoms with Crippen molar-refractivity contribution in [1.29, 1.82) is 0 Å². The zero-order valence-corrected chi connectivity index (χ0v) is 11.2. The van der Waals surface area contributed by atoms with Gasteiger partial charge in [0.2, 0.25) is 5.91 Å². The average Bonchev–Trinajstić information content (AvgIpc) is 2.20. The van der Waals surface area contributed by atoms with E-state index in [-0.39, 0.29) is 5.91 Å². The molecule has 0 radical (unpaired) electrons. The zero-order chi connectivity index (χ0) is 12.0. The number of nitrogens with two attached hydrogens (primary N) is 2. The zero-order valence-electron chi connectivity index (χ0n) is 9.00. The molecular formula is C11H16IN3O. The molecule has 0 aromatic heterocycles. The Morgan fingerprint density at radius 2 is 2.12 bits per heavy atom. The largest absolute Gasteiger partial charge is 0.397 e. The molecule has 1 aromatic carbocycles. The Kier molecular flexibility index (Phi) is 5.37. The molecule has 0 unspecified atom stereocenters. The third-order valence-electron chi connectivity index (χ3n) is 2.18. The molecule has 0 spiro atoms. The van der Waals surface area contributed by atoms with Crippen LogP contribution < -0.4 is 16.8 Å².